The molecule has 2 N–H and O–H groups in total. The molecule has 0 saturated heterocycles. The second-order valence-corrected chi connectivity index (χ2v) is 6.80. The summed E-state index contributed by atoms with van der Waals surface area (Å²) < 4.78 is 17.0. The number of amides is 1. The van der Waals surface area contributed by atoms with Gasteiger partial charge in [-0.3, -0.25) is 4.79 Å². The number of hydrogen-bond acceptors (Lipinski definition) is 7. The van der Waals surface area contributed by atoms with E-state index in [1.165, 1.54) is 12.1 Å². The molecule has 0 aliphatic carbocycles. The highest BCUT2D eigenvalue weighted by Crippen LogP contribution is 2.33. The molecular weight excluding hydrogens is 398 g/mol. The van der Waals surface area contributed by atoms with Crippen molar-refractivity contribution in [2.75, 3.05) is 18.5 Å². The number of phenols is 1. The third kappa shape index (κ3) is 3.91. The molecule has 2 aromatic heterocycles. The first-order valence-corrected chi connectivity index (χ1v) is 9.59. The van der Waals surface area contributed by atoms with Gasteiger partial charge in [-0.05, 0) is 42.5 Å². The Kier molecular flexibility index (Phi) is 4.72. The van der Waals surface area contributed by atoms with Crippen LogP contribution in [0.2, 0.25) is 0 Å². The number of benzene rings is 2. The van der Waals surface area contributed by atoms with Crippen molar-refractivity contribution >= 4 is 28.4 Å². The zero-order valence-corrected chi connectivity index (χ0v) is 16.2. The standard InChI is InChI=1S/C23H17N3O5/c27-16-6-4-14-11-17(22(28)26-21-3-1-2-8-24-21)23(31-19(14)13-16)25-15-5-7-18-20(12-15)30-10-9-29-18/h1-8,11-13,27H,9-10H2,(H,24,26,28). The summed E-state index contributed by atoms with van der Waals surface area (Å²) in [5.74, 6) is 1.24. The van der Waals surface area contributed by atoms with Crippen LogP contribution in [-0.4, -0.2) is 29.2 Å². The fraction of sp³-hybridized carbons (Fsp3) is 0.0870. The average molecular weight is 415 g/mol. The average Bonchev–Trinajstić information content (AvgIpc) is 2.79. The van der Waals surface area contributed by atoms with Gasteiger partial charge in [-0.15, -0.1) is 0 Å². The second kappa shape index (κ2) is 7.83. The fourth-order valence-corrected chi connectivity index (χ4v) is 3.19. The van der Waals surface area contributed by atoms with Gasteiger partial charge in [0.25, 0.3) is 5.91 Å². The molecule has 2 aromatic carbocycles. The maximum atomic E-state index is 13.0. The van der Waals surface area contributed by atoms with E-state index in [4.69, 9.17) is 13.9 Å². The molecular formula is C23H17N3O5. The van der Waals surface area contributed by atoms with E-state index in [-0.39, 0.29) is 16.9 Å². The second-order valence-electron chi connectivity index (χ2n) is 6.80. The molecule has 154 valence electrons. The lowest BCUT2D eigenvalue weighted by Crippen LogP contribution is -2.22. The smallest absolute Gasteiger partial charge is 0.262 e. The van der Waals surface area contributed by atoms with Crippen LogP contribution in [0.4, 0.5) is 11.5 Å². The fourth-order valence-electron chi connectivity index (χ4n) is 3.19. The molecule has 8 heteroatoms. The summed E-state index contributed by atoms with van der Waals surface area (Å²) in [4.78, 5) is 21.7. The number of pyridine rings is 1. The van der Waals surface area contributed by atoms with E-state index in [0.717, 1.165) is 0 Å². The van der Waals surface area contributed by atoms with Crippen LogP contribution in [0.3, 0.4) is 0 Å². The van der Waals surface area contributed by atoms with Crippen molar-refractivity contribution < 1.29 is 23.8 Å². The number of aromatic nitrogens is 1. The lowest BCUT2D eigenvalue weighted by atomic mass is 10.1. The summed E-state index contributed by atoms with van der Waals surface area (Å²) in [6.07, 6.45) is 1.59. The number of rotatable bonds is 3. The first kappa shape index (κ1) is 18.7. The maximum Gasteiger partial charge on any atom is 0.262 e. The van der Waals surface area contributed by atoms with Gasteiger partial charge in [0.1, 0.15) is 35.9 Å². The van der Waals surface area contributed by atoms with E-state index in [9.17, 15) is 9.90 Å². The van der Waals surface area contributed by atoms with Gasteiger partial charge >= 0.3 is 0 Å². The number of anilines is 1. The van der Waals surface area contributed by atoms with Crippen molar-refractivity contribution in [3.05, 3.63) is 78.0 Å². The Morgan fingerprint density at radius 3 is 2.71 bits per heavy atom. The molecule has 1 aliphatic heterocycles. The van der Waals surface area contributed by atoms with Crippen molar-refractivity contribution in [1.29, 1.82) is 0 Å². The molecule has 5 rings (SSSR count). The highest BCUT2D eigenvalue weighted by Gasteiger charge is 2.15. The number of carbonyl (C=O) groups is 1. The van der Waals surface area contributed by atoms with Gasteiger partial charge < -0.3 is 24.3 Å². The van der Waals surface area contributed by atoms with E-state index >= 15 is 0 Å². The lowest BCUT2D eigenvalue weighted by molar-refractivity contribution is 0.102. The zero-order valence-electron chi connectivity index (χ0n) is 16.2. The number of hydrogen-bond donors (Lipinski definition) is 2. The molecule has 4 aromatic rings. The molecule has 1 amide bonds. The van der Waals surface area contributed by atoms with Crippen molar-refractivity contribution in [1.82, 2.24) is 4.98 Å². The highest BCUT2D eigenvalue weighted by molar-refractivity contribution is 6.05. The Labute approximate surface area is 176 Å². The van der Waals surface area contributed by atoms with Gasteiger partial charge in [0.2, 0.25) is 5.55 Å². The topological polar surface area (TPSA) is 106 Å². The predicted octanol–water partition coefficient (Wildman–Crippen LogP) is 3.79. The molecule has 8 nitrogen and oxygen atoms in total. The molecule has 3 heterocycles. The summed E-state index contributed by atoms with van der Waals surface area (Å²) in [6, 6.07) is 16.8. The summed E-state index contributed by atoms with van der Waals surface area (Å²) in [5.41, 5.74) is 1.23. The maximum absolute atomic E-state index is 13.0. The van der Waals surface area contributed by atoms with Crippen LogP contribution in [0.5, 0.6) is 17.2 Å². The number of nitrogens with one attached hydrogen (secondary N) is 1. The summed E-state index contributed by atoms with van der Waals surface area (Å²) in [5, 5.41) is 13.2. The molecule has 0 bridgehead atoms. The summed E-state index contributed by atoms with van der Waals surface area (Å²) >= 11 is 0. The molecule has 0 atom stereocenters. The highest BCUT2D eigenvalue weighted by atomic mass is 16.6. The largest absolute Gasteiger partial charge is 0.508 e. The predicted molar refractivity (Wildman–Crippen MR) is 113 cm³/mol. The number of fused-ring (bicyclic) bond motifs is 2. The Morgan fingerprint density at radius 2 is 1.87 bits per heavy atom. The third-order valence-electron chi connectivity index (χ3n) is 4.64. The summed E-state index contributed by atoms with van der Waals surface area (Å²) in [7, 11) is 0. The molecule has 0 spiro atoms. The van der Waals surface area contributed by atoms with Crippen LogP contribution in [0.1, 0.15) is 10.4 Å². The minimum absolute atomic E-state index is 0.0483. The van der Waals surface area contributed by atoms with E-state index in [2.05, 4.69) is 15.3 Å². The van der Waals surface area contributed by atoms with Crippen molar-refractivity contribution in [3.8, 4) is 17.2 Å². The van der Waals surface area contributed by atoms with Crippen molar-refractivity contribution in [2.24, 2.45) is 4.99 Å². The number of nitrogens with zero attached hydrogens (tertiary/aromatic N) is 2. The first-order chi connectivity index (χ1) is 15.2. The van der Waals surface area contributed by atoms with Gasteiger partial charge in [-0.1, -0.05) is 6.07 Å². The third-order valence-corrected chi connectivity index (χ3v) is 4.64. The monoisotopic (exact) mass is 415 g/mol. The Hall–Kier alpha value is -4.33. The van der Waals surface area contributed by atoms with Crippen LogP contribution >= 0.6 is 0 Å². The lowest BCUT2D eigenvalue weighted by Gasteiger charge is -2.18. The molecule has 0 radical (unpaired) electrons. The molecule has 0 saturated carbocycles. The van der Waals surface area contributed by atoms with Crippen LogP contribution in [-0.2, 0) is 0 Å². The summed E-state index contributed by atoms with van der Waals surface area (Å²) in [6.45, 7) is 0.943. The van der Waals surface area contributed by atoms with E-state index in [0.29, 0.717) is 47.2 Å². The van der Waals surface area contributed by atoms with Gasteiger partial charge in [-0.25, -0.2) is 9.98 Å². The Bertz CT molecular complexity index is 1350. The quantitative estimate of drug-likeness (QED) is 0.527. The van der Waals surface area contributed by atoms with E-state index < -0.39 is 5.91 Å². The van der Waals surface area contributed by atoms with Crippen molar-refractivity contribution in [3.63, 3.8) is 0 Å². The van der Waals surface area contributed by atoms with Crippen molar-refractivity contribution in [2.45, 2.75) is 0 Å². The number of carbonyl (C=O) groups excluding carboxylic acids is 1. The Balaban J connectivity index is 1.63. The SMILES string of the molecule is O=C(Nc1ccccn1)c1cc2ccc(O)cc2oc1=Nc1ccc2c(c1)OCCO2. The molecule has 31 heavy (non-hydrogen) atoms. The van der Waals surface area contributed by atoms with Gasteiger partial charge in [0.05, 0.1) is 5.69 Å². The number of aromatic hydroxyl groups is 1. The number of phenolic OH excluding ortho intramolecular Hbond substituents is 1. The molecule has 0 fully saturated rings. The van der Waals surface area contributed by atoms with Crippen LogP contribution in [0, 0.1) is 0 Å². The molecule has 1 aliphatic rings. The minimum Gasteiger partial charge on any atom is -0.508 e. The normalized spacial score (nSPS) is 13.2. The van der Waals surface area contributed by atoms with E-state index in [1.807, 2.05) is 0 Å². The van der Waals surface area contributed by atoms with E-state index in [1.54, 1.807) is 54.7 Å². The first-order valence-electron chi connectivity index (χ1n) is 9.59. The zero-order chi connectivity index (χ0) is 21.2. The van der Waals surface area contributed by atoms with Gasteiger partial charge in [-0.2, -0.15) is 0 Å². The Morgan fingerprint density at radius 1 is 1.00 bits per heavy atom. The van der Waals surface area contributed by atoms with Gasteiger partial charge in [0, 0.05) is 23.7 Å². The number of ether oxygens (including phenoxy) is 2. The minimum atomic E-state index is -0.422. The molecule has 0 unspecified atom stereocenters. The van der Waals surface area contributed by atoms with Crippen LogP contribution < -0.4 is 20.3 Å². The van der Waals surface area contributed by atoms with Gasteiger partial charge in [0.15, 0.2) is 11.5 Å². The van der Waals surface area contributed by atoms with Crippen LogP contribution in [0.25, 0.3) is 11.0 Å². The van der Waals surface area contributed by atoms with Crippen LogP contribution in [0.15, 0.2) is 76.3 Å².